The molecule has 49 valence electrons. The summed E-state index contributed by atoms with van der Waals surface area (Å²) in [6, 6.07) is 0. The quantitative estimate of drug-likeness (QED) is 0.400. The molecule has 0 amide bonds. The molecule has 0 aromatic carbocycles. The Morgan fingerprint density at radius 1 is 1.38 bits per heavy atom. The third-order valence-electron chi connectivity index (χ3n) is 0.935. The maximum absolute atomic E-state index is 9.48. The lowest BCUT2D eigenvalue weighted by molar-refractivity contribution is -0.306. The highest BCUT2D eigenvalue weighted by atomic mass is 17.1. The van der Waals surface area contributed by atoms with Crippen molar-refractivity contribution in [2.24, 2.45) is 5.41 Å². The average molecular weight is 117 g/mol. The van der Waals surface area contributed by atoms with Gasteiger partial charge in [0.1, 0.15) is 0 Å². The van der Waals surface area contributed by atoms with E-state index >= 15 is 0 Å². The van der Waals surface area contributed by atoms with Crippen molar-refractivity contribution in [1.29, 1.82) is 0 Å². The molecule has 0 unspecified atom stereocenters. The molecule has 0 aliphatic rings. The van der Waals surface area contributed by atoms with Gasteiger partial charge in [-0.15, -0.1) is 0 Å². The monoisotopic (exact) mass is 117 g/mol. The molecule has 2 nitrogen and oxygen atoms in total. The molecule has 0 aliphatic carbocycles. The Balaban J connectivity index is 3.11. The molecule has 0 saturated carbocycles. The van der Waals surface area contributed by atoms with Crippen LogP contribution in [0.2, 0.25) is 0 Å². The van der Waals surface area contributed by atoms with Gasteiger partial charge in [0, 0.05) is 0 Å². The van der Waals surface area contributed by atoms with Crippen LogP contribution in [0.25, 0.3) is 0 Å². The lowest BCUT2D eigenvalue weighted by atomic mass is 9.93. The van der Waals surface area contributed by atoms with Gasteiger partial charge in [0.15, 0.2) is 0 Å². The molecule has 0 rings (SSSR count). The zero-order valence-electron chi connectivity index (χ0n) is 5.73. The SMILES string of the molecule is CC(C)(C)CCO[O]. The van der Waals surface area contributed by atoms with Gasteiger partial charge in [0.05, 0.1) is 6.61 Å². The molecule has 0 bridgehead atoms. The lowest BCUT2D eigenvalue weighted by Gasteiger charge is -2.15. The normalized spacial score (nSPS) is 12.0. The van der Waals surface area contributed by atoms with Crippen LogP contribution < -0.4 is 0 Å². The number of hydrogen-bond donors (Lipinski definition) is 0. The molecule has 0 spiro atoms. The Morgan fingerprint density at radius 3 is 2.00 bits per heavy atom. The Kier molecular flexibility index (Phi) is 3.02. The van der Waals surface area contributed by atoms with Gasteiger partial charge in [-0.05, 0) is 17.1 Å². The van der Waals surface area contributed by atoms with Crippen molar-refractivity contribution >= 4 is 0 Å². The van der Waals surface area contributed by atoms with Gasteiger partial charge in [0.2, 0.25) is 0 Å². The molecule has 0 aromatic heterocycles. The van der Waals surface area contributed by atoms with E-state index in [4.69, 9.17) is 0 Å². The molecule has 8 heavy (non-hydrogen) atoms. The fourth-order valence-electron chi connectivity index (χ4n) is 0.348. The van der Waals surface area contributed by atoms with E-state index in [-0.39, 0.29) is 5.41 Å². The summed E-state index contributed by atoms with van der Waals surface area (Å²) in [7, 11) is 0. The third kappa shape index (κ3) is 5.92. The van der Waals surface area contributed by atoms with E-state index in [0.717, 1.165) is 6.42 Å². The van der Waals surface area contributed by atoms with Crippen LogP contribution in [0.15, 0.2) is 0 Å². The molecule has 0 saturated heterocycles. The summed E-state index contributed by atoms with van der Waals surface area (Å²) in [5.41, 5.74) is 0.227. The van der Waals surface area contributed by atoms with Crippen molar-refractivity contribution in [1.82, 2.24) is 0 Å². The molecule has 0 heterocycles. The van der Waals surface area contributed by atoms with Gasteiger partial charge in [0.25, 0.3) is 0 Å². The minimum absolute atomic E-state index is 0.227. The highest BCUT2D eigenvalue weighted by Crippen LogP contribution is 2.17. The summed E-state index contributed by atoms with van der Waals surface area (Å²) in [5, 5.41) is 9.48. The fraction of sp³-hybridized carbons (Fsp3) is 1.00. The van der Waals surface area contributed by atoms with Gasteiger partial charge in [-0.25, -0.2) is 4.89 Å². The van der Waals surface area contributed by atoms with Crippen LogP contribution in [0.4, 0.5) is 0 Å². The number of rotatable bonds is 2. The molecular formula is C6H13O2. The largest absolute Gasteiger partial charge is 0.204 e. The topological polar surface area (TPSA) is 29.1 Å². The first-order valence-electron chi connectivity index (χ1n) is 2.81. The van der Waals surface area contributed by atoms with Crippen LogP contribution in [-0.4, -0.2) is 6.61 Å². The molecule has 0 aromatic rings. The first-order chi connectivity index (χ1) is 3.56. The second kappa shape index (κ2) is 3.05. The third-order valence-corrected chi connectivity index (χ3v) is 0.935. The highest BCUT2D eigenvalue weighted by Gasteiger charge is 2.08. The first-order valence-corrected chi connectivity index (χ1v) is 2.81. The summed E-state index contributed by atoms with van der Waals surface area (Å²) < 4.78 is 0. The Hall–Kier alpha value is -0.0800. The molecule has 0 atom stereocenters. The molecule has 1 radical (unpaired) electrons. The predicted molar refractivity (Wildman–Crippen MR) is 30.7 cm³/mol. The van der Waals surface area contributed by atoms with E-state index in [9.17, 15) is 5.26 Å². The fourth-order valence-corrected chi connectivity index (χ4v) is 0.348. The van der Waals surface area contributed by atoms with Crippen LogP contribution in [0.5, 0.6) is 0 Å². The van der Waals surface area contributed by atoms with Crippen LogP contribution in [0.3, 0.4) is 0 Å². The molecular weight excluding hydrogens is 104 g/mol. The molecule has 2 heteroatoms. The van der Waals surface area contributed by atoms with E-state index in [1.54, 1.807) is 0 Å². The summed E-state index contributed by atoms with van der Waals surface area (Å²) >= 11 is 0. The van der Waals surface area contributed by atoms with Crippen molar-refractivity contribution in [2.45, 2.75) is 27.2 Å². The van der Waals surface area contributed by atoms with E-state index in [1.165, 1.54) is 0 Å². The van der Waals surface area contributed by atoms with Crippen molar-refractivity contribution in [2.75, 3.05) is 6.61 Å². The Labute approximate surface area is 50.4 Å². The molecule has 0 fully saturated rings. The van der Waals surface area contributed by atoms with Gasteiger partial charge in [-0.2, -0.15) is 0 Å². The van der Waals surface area contributed by atoms with Crippen molar-refractivity contribution in [3.63, 3.8) is 0 Å². The Bertz CT molecular complexity index is 54.0. The second-order valence-electron chi connectivity index (χ2n) is 3.13. The molecule has 0 aliphatic heterocycles. The first kappa shape index (κ1) is 7.92. The van der Waals surface area contributed by atoms with Crippen LogP contribution >= 0.6 is 0 Å². The van der Waals surface area contributed by atoms with Gasteiger partial charge < -0.3 is 0 Å². The maximum Gasteiger partial charge on any atom is 0.0859 e. The van der Waals surface area contributed by atoms with E-state index in [0.29, 0.717) is 6.61 Å². The summed E-state index contributed by atoms with van der Waals surface area (Å²) in [6.07, 6.45) is 0.830. The average Bonchev–Trinajstić information content (AvgIpc) is 1.59. The van der Waals surface area contributed by atoms with Crippen molar-refractivity contribution in [3.8, 4) is 0 Å². The van der Waals surface area contributed by atoms with Crippen LogP contribution in [-0.2, 0) is 10.1 Å². The zero-order chi connectivity index (χ0) is 6.62. The van der Waals surface area contributed by atoms with Crippen LogP contribution in [0.1, 0.15) is 27.2 Å². The van der Waals surface area contributed by atoms with Gasteiger partial charge >= 0.3 is 0 Å². The maximum atomic E-state index is 9.48. The zero-order valence-corrected chi connectivity index (χ0v) is 5.73. The summed E-state index contributed by atoms with van der Waals surface area (Å²) in [4.78, 5) is 3.67. The van der Waals surface area contributed by atoms with Crippen LogP contribution in [0, 0.1) is 5.41 Å². The minimum atomic E-state index is 0.227. The van der Waals surface area contributed by atoms with Crippen molar-refractivity contribution in [3.05, 3.63) is 0 Å². The smallest absolute Gasteiger partial charge is 0.0859 e. The Morgan fingerprint density at radius 2 is 1.88 bits per heavy atom. The van der Waals surface area contributed by atoms with Gasteiger partial charge in [-0.1, -0.05) is 20.8 Å². The summed E-state index contributed by atoms with van der Waals surface area (Å²) in [5.74, 6) is 0. The van der Waals surface area contributed by atoms with E-state index < -0.39 is 0 Å². The van der Waals surface area contributed by atoms with E-state index in [2.05, 4.69) is 25.7 Å². The number of hydrogen-bond acceptors (Lipinski definition) is 1. The molecule has 0 N–H and O–H groups in total. The standard InChI is InChI=1S/C6H13O2/c1-6(2,3)4-5-8-7/h4-5H2,1-3H3. The van der Waals surface area contributed by atoms with Gasteiger partial charge in [-0.3, -0.25) is 0 Å². The minimum Gasteiger partial charge on any atom is -0.204 e. The second-order valence-corrected chi connectivity index (χ2v) is 3.13. The van der Waals surface area contributed by atoms with Crippen molar-refractivity contribution < 1.29 is 10.1 Å². The highest BCUT2D eigenvalue weighted by molar-refractivity contribution is 4.58. The van der Waals surface area contributed by atoms with E-state index in [1.807, 2.05) is 0 Å². The summed E-state index contributed by atoms with van der Waals surface area (Å²) in [6.45, 7) is 6.55. The lowest BCUT2D eigenvalue weighted by Crippen LogP contribution is -2.07. The predicted octanol–water partition coefficient (Wildman–Crippen LogP) is 1.78.